The van der Waals surface area contributed by atoms with Gasteiger partial charge in [0.15, 0.2) is 12.2 Å². The van der Waals surface area contributed by atoms with Crippen molar-refractivity contribution in [1.29, 1.82) is 0 Å². The molecule has 0 fully saturated rings. The predicted octanol–water partition coefficient (Wildman–Crippen LogP) is 3.78. The number of aromatic nitrogens is 3. The average Bonchev–Trinajstić information content (AvgIpc) is 3.44. The van der Waals surface area contributed by atoms with E-state index in [1.54, 1.807) is 13.1 Å². The fraction of sp³-hybridized carbons (Fsp3) is 0.259. The van der Waals surface area contributed by atoms with Crippen molar-refractivity contribution in [3.8, 4) is 11.3 Å². The van der Waals surface area contributed by atoms with E-state index in [0.29, 0.717) is 44.3 Å². The number of oxazole rings is 1. The van der Waals surface area contributed by atoms with Gasteiger partial charge < -0.3 is 24.6 Å². The Kier molecular flexibility index (Phi) is 6.90. The fourth-order valence-corrected chi connectivity index (χ4v) is 4.37. The lowest BCUT2D eigenvalue weighted by Gasteiger charge is -2.32. The van der Waals surface area contributed by atoms with Crippen molar-refractivity contribution in [2.24, 2.45) is 0 Å². The van der Waals surface area contributed by atoms with E-state index in [-0.39, 0.29) is 12.5 Å². The molecule has 0 radical (unpaired) electrons. The van der Waals surface area contributed by atoms with E-state index >= 15 is 0 Å². The molecule has 0 unspecified atom stereocenters. The molecule has 2 N–H and O–H groups in total. The minimum absolute atomic E-state index is 0.0199. The number of carbonyl (C=O) groups is 1. The third kappa shape index (κ3) is 5.21. The van der Waals surface area contributed by atoms with Crippen molar-refractivity contribution < 1.29 is 14.3 Å². The molecule has 0 saturated heterocycles. The Balaban J connectivity index is 1.49. The molecular formula is C27H28N6O3. The standard InChI is InChI=1S/C27H28N6O3/c1-19(35)32-12-11-24-23(17-32)26(33(13-14-34)16-20-5-3-2-4-6-20)31-27(30-24)29-22-9-7-21(8-10-22)25-15-28-18-36-25/h2-10,15,18,34H,11-14,16-17H2,1H3,(H,29,30,31). The van der Waals surface area contributed by atoms with E-state index in [9.17, 15) is 9.90 Å². The van der Waals surface area contributed by atoms with Crippen molar-refractivity contribution in [1.82, 2.24) is 19.9 Å². The fourth-order valence-electron chi connectivity index (χ4n) is 4.37. The predicted molar refractivity (Wildman–Crippen MR) is 137 cm³/mol. The summed E-state index contributed by atoms with van der Waals surface area (Å²) in [6, 6.07) is 17.8. The zero-order valence-electron chi connectivity index (χ0n) is 20.1. The Bertz CT molecular complexity index is 1310. The number of hydrogen-bond donors (Lipinski definition) is 2. The third-order valence-corrected chi connectivity index (χ3v) is 6.23. The number of rotatable bonds is 8. The molecule has 4 aromatic rings. The molecule has 184 valence electrons. The normalized spacial score (nSPS) is 12.8. The van der Waals surface area contributed by atoms with Gasteiger partial charge in [0, 0.05) is 49.8 Å². The number of anilines is 3. The van der Waals surface area contributed by atoms with Crippen LogP contribution in [0.4, 0.5) is 17.5 Å². The second kappa shape index (κ2) is 10.6. The van der Waals surface area contributed by atoms with Crippen LogP contribution in [-0.4, -0.2) is 50.6 Å². The van der Waals surface area contributed by atoms with Crippen molar-refractivity contribution in [3.05, 3.63) is 84.0 Å². The molecule has 5 rings (SSSR count). The highest BCUT2D eigenvalue weighted by Crippen LogP contribution is 2.30. The molecule has 3 heterocycles. The molecule has 0 bridgehead atoms. The summed E-state index contributed by atoms with van der Waals surface area (Å²) < 4.78 is 5.37. The lowest BCUT2D eigenvalue weighted by atomic mass is 10.0. The lowest BCUT2D eigenvalue weighted by molar-refractivity contribution is -0.129. The molecule has 0 saturated carbocycles. The van der Waals surface area contributed by atoms with Gasteiger partial charge in [-0.05, 0) is 29.8 Å². The van der Waals surface area contributed by atoms with Crippen LogP contribution < -0.4 is 10.2 Å². The second-order valence-corrected chi connectivity index (χ2v) is 8.69. The molecule has 1 aliphatic heterocycles. The van der Waals surface area contributed by atoms with Gasteiger partial charge in [0.05, 0.1) is 25.0 Å². The molecule has 0 aliphatic carbocycles. The van der Waals surface area contributed by atoms with Crippen LogP contribution in [0.15, 0.2) is 71.6 Å². The van der Waals surface area contributed by atoms with E-state index in [0.717, 1.165) is 33.9 Å². The van der Waals surface area contributed by atoms with Gasteiger partial charge in [-0.15, -0.1) is 0 Å². The van der Waals surface area contributed by atoms with Gasteiger partial charge in [-0.1, -0.05) is 30.3 Å². The topological polar surface area (TPSA) is 108 Å². The largest absolute Gasteiger partial charge is 0.444 e. The molecular weight excluding hydrogens is 456 g/mol. The van der Waals surface area contributed by atoms with Crippen LogP contribution in [-0.2, 0) is 24.3 Å². The zero-order valence-corrected chi connectivity index (χ0v) is 20.1. The summed E-state index contributed by atoms with van der Waals surface area (Å²) in [5.74, 6) is 1.93. The SMILES string of the molecule is CC(=O)N1CCc2nc(Nc3ccc(-c4cnco4)cc3)nc(N(CCO)Cc3ccccc3)c2C1. The third-order valence-electron chi connectivity index (χ3n) is 6.23. The van der Waals surface area contributed by atoms with Crippen molar-refractivity contribution in [2.45, 2.75) is 26.4 Å². The number of carbonyl (C=O) groups excluding carboxylic acids is 1. The number of aliphatic hydroxyl groups is 1. The minimum Gasteiger partial charge on any atom is -0.444 e. The minimum atomic E-state index is -0.0199. The van der Waals surface area contributed by atoms with Crippen LogP contribution in [0.3, 0.4) is 0 Å². The summed E-state index contributed by atoms with van der Waals surface area (Å²) in [7, 11) is 0. The monoisotopic (exact) mass is 484 g/mol. The number of benzene rings is 2. The number of aliphatic hydroxyl groups excluding tert-OH is 1. The highest BCUT2D eigenvalue weighted by Gasteiger charge is 2.26. The summed E-state index contributed by atoms with van der Waals surface area (Å²) in [4.78, 5) is 29.7. The van der Waals surface area contributed by atoms with E-state index in [4.69, 9.17) is 14.4 Å². The van der Waals surface area contributed by atoms with Gasteiger partial charge in [0.2, 0.25) is 11.9 Å². The molecule has 2 aromatic carbocycles. The molecule has 1 amide bonds. The first-order chi connectivity index (χ1) is 17.6. The molecule has 0 atom stereocenters. The number of fused-ring (bicyclic) bond motifs is 1. The molecule has 36 heavy (non-hydrogen) atoms. The summed E-state index contributed by atoms with van der Waals surface area (Å²) in [6.45, 7) is 3.61. The van der Waals surface area contributed by atoms with Crippen molar-refractivity contribution in [3.63, 3.8) is 0 Å². The first kappa shape index (κ1) is 23.5. The van der Waals surface area contributed by atoms with E-state index < -0.39 is 0 Å². The first-order valence-corrected chi connectivity index (χ1v) is 11.9. The van der Waals surface area contributed by atoms with Crippen molar-refractivity contribution in [2.75, 3.05) is 29.9 Å². The summed E-state index contributed by atoms with van der Waals surface area (Å²) in [6.07, 6.45) is 3.72. The second-order valence-electron chi connectivity index (χ2n) is 8.69. The van der Waals surface area contributed by atoms with Crippen LogP contribution >= 0.6 is 0 Å². The number of hydrogen-bond acceptors (Lipinski definition) is 8. The Labute approximate surface area is 209 Å². The molecule has 2 aromatic heterocycles. The van der Waals surface area contributed by atoms with Crippen molar-refractivity contribution >= 4 is 23.4 Å². The first-order valence-electron chi connectivity index (χ1n) is 11.9. The number of amides is 1. The number of nitrogens with zero attached hydrogens (tertiary/aromatic N) is 5. The molecule has 9 nitrogen and oxygen atoms in total. The van der Waals surface area contributed by atoms with Gasteiger partial charge in [0.25, 0.3) is 0 Å². The molecule has 1 aliphatic rings. The van der Waals surface area contributed by atoms with Gasteiger partial charge in [-0.25, -0.2) is 9.97 Å². The van der Waals surface area contributed by atoms with Crippen LogP contribution in [0.1, 0.15) is 23.7 Å². The van der Waals surface area contributed by atoms with Crippen LogP contribution in [0.5, 0.6) is 0 Å². The van der Waals surface area contributed by atoms with Crippen LogP contribution in [0, 0.1) is 0 Å². The maximum Gasteiger partial charge on any atom is 0.229 e. The quantitative estimate of drug-likeness (QED) is 0.389. The van der Waals surface area contributed by atoms with Gasteiger partial charge in [-0.3, -0.25) is 4.79 Å². The Morgan fingerprint density at radius 3 is 2.64 bits per heavy atom. The van der Waals surface area contributed by atoms with Gasteiger partial charge >= 0.3 is 0 Å². The summed E-state index contributed by atoms with van der Waals surface area (Å²) in [5, 5.41) is 13.2. The Morgan fingerprint density at radius 1 is 1.14 bits per heavy atom. The van der Waals surface area contributed by atoms with Gasteiger partial charge in [-0.2, -0.15) is 4.98 Å². The van der Waals surface area contributed by atoms with Gasteiger partial charge in [0.1, 0.15) is 5.82 Å². The lowest BCUT2D eigenvalue weighted by Crippen LogP contribution is -2.37. The van der Waals surface area contributed by atoms with Crippen LogP contribution in [0.2, 0.25) is 0 Å². The Hall–Kier alpha value is -4.24. The van der Waals surface area contributed by atoms with Crippen LogP contribution in [0.25, 0.3) is 11.3 Å². The zero-order chi connectivity index (χ0) is 24.9. The highest BCUT2D eigenvalue weighted by molar-refractivity contribution is 5.74. The smallest absolute Gasteiger partial charge is 0.229 e. The summed E-state index contributed by atoms with van der Waals surface area (Å²) in [5.41, 5.74) is 4.70. The van der Waals surface area contributed by atoms with E-state index in [1.807, 2.05) is 47.4 Å². The average molecular weight is 485 g/mol. The molecule has 9 heteroatoms. The number of nitrogens with one attached hydrogen (secondary N) is 1. The van der Waals surface area contributed by atoms with E-state index in [2.05, 4.69) is 27.3 Å². The summed E-state index contributed by atoms with van der Waals surface area (Å²) >= 11 is 0. The Morgan fingerprint density at radius 2 is 1.94 bits per heavy atom. The maximum atomic E-state index is 12.1. The van der Waals surface area contributed by atoms with E-state index in [1.165, 1.54) is 6.39 Å². The maximum absolute atomic E-state index is 12.1. The molecule has 0 spiro atoms. The highest BCUT2D eigenvalue weighted by atomic mass is 16.3.